The van der Waals surface area contributed by atoms with Crippen molar-refractivity contribution in [1.29, 1.82) is 0 Å². The second kappa shape index (κ2) is 6.21. The Hall–Kier alpha value is -1.06. The molecule has 2 rings (SSSR count). The van der Waals surface area contributed by atoms with Crippen LogP contribution in [-0.4, -0.2) is 21.1 Å². The number of aliphatic hydroxyl groups is 1. The number of thioether (sulfide) groups is 1. The lowest BCUT2D eigenvalue weighted by molar-refractivity contribution is 0.205. The van der Waals surface area contributed by atoms with Crippen LogP contribution in [0.25, 0.3) is 10.8 Å². The molecule has 96 valence electrons. The van der Waals surface area contributed by atoms with Gasteiger partial charge in [0.15, 0.2) is 0 Å². The van der Waals surface area contributed by atoms with Crippen LogP contribution < -0.4 is 0 Å². The second-order valence-electron chi connectivity index (χ2n) is 4.51. The van der Waals surface area contributed by atoms with Gasteiger partial charge in [-0.05, 0) is 23.4 Å². The van der Waals surface area contributed by atoms with E-state index in [1.54, 1.807) is 6.20 Å². The fourth-order valence-electron chi connectivity index (χ4n) is 1.89. The predicted molar refractivity (Wildman–Crippen MR) is 78.9 cm³/mol. The van der Waals surface area contributed by atoms with E-state index in [4.69, 9.17) is 0 Å². The third-order valence-electron chi connectivity index (χ3n) is 3.19. The van der Waals surface area contributed by atoms with Crippen molar-refractivity contribution in [1.82, 2.24) is 4.98 Å². The summed E-state index contributed by atoms with van der Waals surface area (Å²) in [5, 5.41) is 13.1. The molecule has 2 unspecified atom stereocenters. The standard InChI is InChI=1S/C15H19NOS/c1-3-11(2)18-10-15(17)13-6-4-5-12-7-8-16-9-14(12)13/h4-9,11,15,17H,3,10H2,1-2H3. The SMILES string of the molecule is CCC(C)SCC(O)c1cccc2ccncc12. The smallest absolute Gasteiger partial charge is 0.0887 e. The third-order valence-corrected chi connectivity index (χ3v) is 4.60. The minimum absolute atomic E-state index is 0.420. The maximum atomic E-state index is 10.3. The van der Waals surface area contributed by atoms with E-state index in [2.05, 4.69) is 24.9 Å². The molecule has 18 heavy (non-hydrogen) atoms. The van der Waals surface area contributed by atoms with Gasteiger partial charge in [0.05, 0.1) is 6.10 Å². The molecule has 2 aromatic rings. The highest BCUT2D eigenvalue weighted by molar-refractivity contribution is 7.99. The third kappa shape index (κ3) is 3.03. The van der Waals surface area contributed by atoms with Crippen molar-refractivity contribution in [2.45, 2.75) is 31.6 Å². The van der Waals surface area contributed by atoms with Crippen LogP contribution in [0.2, 0.25) is 0 Å². The molecule has 2 nitrogen and oxygen atoms in total. The fraction of sp³-hybridized carbons (Fsp3) is 0.400. The Bertz CT molecular complexity index is 509. The number of aliphatic hydroxyl groups excluding tert-OH is 1. The van der Waals surface area contributed by atoms with Crippen LogP contribution in [0.1, 0.15) is 31.9 Å². The molecule has 1 aromatic carbocycles. The summed E-state index contributed by atoms with van der Waals surface area (Å²) in [4.78, 5) is 4.15. The average molecular weight is 261 g/mol. The Morgan fingerprint density at radius 3 is 2.94 bits per heavy atom. The van der Waals surface area contributed by atoms with Gasteiger partial charge in [-0.2, -0.15) is 11.8 Å². The first-order valence-corrected chi connectivity index (χ1v) is 7.39. The number of pyridine rings is 1. The lowest BCUT2D eigenvalue weighted by Crippen LogP contribution is -2.05. The number of fused-ring (bicyclic) bond motifs is 1. The van der Waals surface area contributed by atoms with E-state index in [-0.39, 0.29) is 0 Å². The van der Waals surface area contributed by atoms with Crippen LogP contribution in [-0.2, 0) is 0 Å². The zero-order valence-electron chi connectivity index (χ0n) is 10.8. The lowest BCUT2D eigenvalue weighted by atomic mass is 10.0. The van der Waals surface area contributed by atoms with Crippen molar-refractivity contribution in [2.75, 3.05) is 5.75 Å². The Morgan fingerprint density at radius 1 is 1.33 bits per heavy atom. The maximum Gasteiger partial charge on any atom is 0.0887 e. The highest BCUT2D eigenvalue weighted by Gasteiger charge is 2.12. The van der Waals surface area contributed by atoms with Crippen molar-refractivity contribution < 1.29 is 5.11 Å². The molecule has 0 spiro atoms. The summed E-state index contributed by atoms with van der Waals surface area (Å²) in [7, 11) is 0. The number of benzene rings is 1. The first kappa shape index (κ1) is 13.4. The molecule has 0 saturated heterocycles. The van der Waals surface area contributed by atoms with E-state index in [9.17, 15) is 5.11 Å². The van der Waals surface area contributed by atoms with Crippen molar-refractivity contribution in [3.63, 3.8) is 0 Å². The van der Waals surface area contributed by atoms with Crippen molar-refractivity contribution in [2.24, 2.45) is 0 Å². The van der Waals surface area contributed by atoms with Gasteiger partial charge >= 0.3 is 0 Å². The van der Waals surface area contributed by atoms with Gasteiger partial charge in [0.2, 0.25) is 0 Å². The van der Waals surface area contributed by atoms with Crippen molar-refractivity contribution in [3.8, 4) is 0 Å². The molecule has 0 amide bonds. The molecule has 1 aromatic heterocycles. The fourth-order valence-corrected chi connectivity index (χ4v) is 2.82. The first-order chi connectivity index (χ1) is 8.72. The van der Waals surface area contributed by atoms with E-state index in [1.807, 2.05) is 36.2 Å². The normalized spacial score (nSPS) is 14.6. The van der Waals surface area contributed by atoms with Crippen LogP contribution in [0.3, 0.4) is 0 Å². The van der Waals surface area contributed by atoms with Crippen LogP contribution in [0.5, 0.6) is 0 Å². The minimum Gasteiger partial charge on any atom is -0.388 e. The first-order valence-electron chi connectivity index (χ1n) is 6.34. The Balaban J connectivity index is 2.19. The Morgan fingerprint density at radius 2 is 2.17 bits per heavy atom. The molecule has 2 atom stereocenters. The van der Waals surface area contributed by atoms with Gasteiger partial charge < -0.3 is 5.11 Å². The largest absolute Gasteiger partial charge is 0.388 e. The average Bonchev–Trinajstić information content (AvgIpc) is 2.43. The second-order valence-corrected chi connectivity index (χ2v) is 5.98. The molecule has 1 N–H and O–H groups in total. The summed E-state index contributed by atoms with van der Waals surface area (Å²) < 4.78 is 0. The minimum atomic E-state index is -0.420. The summed E-state index contributed by atoms with van der Waals surface area (Å²) in [6, 6.07) is 8.02. The number of aromatic nitrogens is 1. The van der Waals surface area contributed by atoms with E-state index in [0.717, 1.165) is 28.5 Å². The molecule has 0 aliphatic carbocycles. The molecule has 0 saturated carbocycles. The summed E-state index contributed by atoms with van der Waals surface area (Å²) in [5.74, 6) is 0.739. The molecular weight excluding hydrogens is 242 g/mol. The summed E-state index contributed by atoms with van der Waals surface area (Å²) in [6.07, 6.45) is 4.33. The van der Waals surface area contributed by atoms with Gasteiger partial charge in [-0.1, -0.05) is 32.0 Å². The Labute approximate surface area is 112 Å². The molecule has 0 fully saturated rings. The van der Waals surface area contributed by atoms with E-state index in [1.165, 1.54) is 0 Å². The zero-order valence-corrected chi connectivity index (χ0v) is 11.7. The summed E-state index contributed by atoms with van der Waals surface area (Å²) >= 11 is 1.82. The van der Waals surface area contributed by atoms with Crippen LogP contribution in [0, 0.1) is 0 Å². The lowest BCUT2D eigenvalue weighted by Gasteiger charge is -2.15. The van der Waals surface area contributed by atoms with Gasteiger partial charge in [0.1, 0.15) is 0 Å². The van der Waals surface area contributed by atoms with Crippen LogP contribution in [0.15, 0.2) is 36.7 Å². The molecule has 3 heteroatoms. The summed E-state index contributed by atoms with van der Waals surface area (Å²) in [5.41, 5.74) is 0.983. The predicted octanol–water partition coefficient (Wildman–Crippen LogP) is 3.80. The Kier molecular flexibility index (Phi) is 4.61. The van der Waals surface area contributed by atoms with E-state index < -0.39 is 6.10 Å². The van der Waals surface area contributed by atoms with Gasteiger partial charge in [-0.15, -0.1) is 0 Å². The van der Waals surface area contributed by atoms with Gasteiger partial charge in [0, 0.05) is 28.8 Å². The summed E-state index contributed by atoms with van der Waals surface area (Å²) in [6.45, 7) is 4.37. The quantitative estimate of drug-likeness (QED) is 0.888. The van der Waals surface area contributed by atoms with E-state index >= 15 is 0 Å². The number of nitrogens with zero attached hydrogens (tertiary/aromatic N) is 1. The molecule has 0 bridgehead atoms. The van der Waals surface area contributed by atoms with Gasteiger partial charge in [-0.3, -0.25) is 4.98 Å². The zero-order chi connectivity index (χ0) is 13.0. The maximum absolute atomic E-state index is 10.3. The number of hydrogen-bond acceptors (Lipinski definition) is 3. The molecule has 0 radical (unpaired) electrons. The van der Waals surface area contributed by atoms with Gasteiger partial charge in [-0.25, -0.2) is 0 Å². The van der Waals surface area contributed by atoms with Crippen LogP contribution in [0.4, 0.5) is 0 Å². The molecule has 1 heterocycles. The van der Waals surface area contributed by atoms with Crippen LogP contribution >= 0.6 is 11.8 Å². The van der Waals surface area contributed by atoms with Gasteiger partial charge in [0.25, 0.3) is 0 Å². The van der Waals surface area contributed by atoms with E-state index in [0.29, 0.717) is 5.25 Å². The molecule has 0 aliphatic rings. The van der Waals surface area contributed by atoms with Crippen molar-refractivity contribution >= 4 is 22.5 Å². The number of hydrogen-bond donors (Lipinski definition) is 1. The van der Waals surface area contributed by atoms with Crippen molar-refractivity contribution in [3.05, 3.63) is 42.2 Å². The monoisotopic (exact) mass is 261 g/mol. The highest BCUT2D eigenvalue weighted by Crippen LogP contribution is 2.27. The number of rotatable bonds is 5. The highest BCUT2D eigenvalue weighted by atomic mass is 32.2. The molecular formula is C15H19NOS. The topological polar surface area (TPSA) is 33.1 Å². The molecule has 0 aliphatic heterocycles.